The van der Waals surface area contributed by atoms with Gasteiger partial charge in [0.25, 0.3) is 0 Å². The molecular weight excluding hydrogens is 395 g/mol. The molecule has 21 heavy (non-hydrogen) atoms. The Bertz CT molecular complexity index is 816. The molecule has 106 valence electrons. The summed E-state index contributed by atoms with van der Waals surface area (Å²) in [7, 11) is 1.93. The van der Waals surface area contributed by atoms with E-state index in [1.54, 1.807) is 0 Å². The molecule has 0 aliphatic rings. The molecule has 1 N–H and O–H groups in total. The summed E-state index contributed by atoms with van der Waals surface area (Å²) in [4.78, 5) is 4.82. The van der Waals surface area contributed by atoms with E-state index in [1.807, 2.05) is 31.3 Å². The van der Waals surface area contributed by atoms with Crippen LogP contribution in [0.5, 0.6) is 0 Å². The molecule has 3 rings (SSSR count). The summed E-state index contributed by atoms with van der Waals surface area (Å²) in [5, 5.41) is 5.05. The molecule has 1 heterocycles. The van der Waals surface area contributed by atoms with Crippen molar-refractivity contribution in [3.63, 3.8) is 0 Å². The number of aromatic nitrogens is 1. The van der Waals surface area contributed by atoms with Crippen LogP contribution in [0, 0.1) is 10.5 Å². The van der Waals surface area contributed by atoms with Crippen LogP contribution in [0.1, 0.15) is 5.56 Å². The van der Waals surface area contributed by atoms with Gasteiger partial charge in [0.2, 0.25) is 0 Å². The molecule has 2 nitrogen and oxygen atoms in total. The van der Waals surface area contributed by atoms with Crippen molar-refractivity contribution in [3.8, 4) is 11.3 Å². The predicted octanol–water partition coefficient (Wildman–Crippen LogP) is 5.51. The topological polar surface area (TPSA) is 24.9 Å². The third-order valence-corrected chi connectivity index (χ3v) is 4.46. The highest BCUT2D eigenvalue weighted by molar-refractivity contribution is 14.1. The van der Waals surface area contributed by atoms with Crippen molar-refractivity contribution in [2.24, 2.45) is 0 Å². The Morgan fingerprint density at radius 1 is 1.14 bits per heavy atom. The van der Waals surface area contributed by atoms with Crippen molar-refractivity contribution in [1.82, 2.24) is 4.98 Å². The highest BCUT2D eigenvalue weighted by Crippen LogP contribution is 2.36. The Hall–Kier alpha value is -1.33. The van der Waals surface area contributed by atoms with E-state index < -0.39 is 0 Å². The number of halogens is 2. The number of hydrogen-bond donors (Lipinski definition) is 1. The molecule has 4 heteroatoms. The first-order chi connectivity index (χ1) is 10.1. The van der Waals surface area contributed by atoms with Gasteiger partial charge in [-0.1, -0.05) is 41.9 Å². The number of benzene rings is 2. The van der Waals surface area contributed by atoms with E-state index >= 15 is 0 Å². The van der Waals surface area contributed by atoms with Crippen molar-refractivity contribution in [1.29, 1.82) is 0 Å². The van der Waals surface area contributed by atoms with Crippen LogP contribution in [0.4, 0.5) is 5.69 Å². The number of fused-ring (bicyclic) bond motifs is 1. The highest BCUT2D eigenvalue weighted by Gasteiger charge is 2.14. The van der Waals surface area contributed by atoms with Gasteiger partial charge in [-0.25, -0.2) is 4.98 Å². The van der Waals surface area contributed by atoms with E-state index in [-0.39, 0.29) is 0 Å². The molecule has 0 spiro atoms. The monoisotopic (exact) mass is 408 g/mol. The molecule has 0 unspecified atom stereocenters. The lowest BCUT2D eigenvalue weighted by atomic mass is 10.0. The molecule has 3 aromatic rings. The van der Waals surface area contributed by atoms with Crippen molar-refractivity contribution in [3.05, 3.63) is 56.6 Å². The number of anilines is 1. The minimum Gasteiger partial charge on any atom is -0.387 e. The fourth-order valence-electron chi connectivity index (χ4n) is 2.59. The van der Waals surface area contributed by atoms with Crippen LogP contribution in [-0.2, 0) is 0 Å². The van der Waals surface area contributed by atoms with E-state index in [9.17, 15) is 0 Å². The normalized spacial score (nSPS) is 10.9. The van der Waals surface area contributed by atoms with Crippen LogP contribution in [-0.4, -0.2) is 12.0 Å². The lowest BCUT2D eigenvalue weighted by molar-refractivity contribution is 1.31. The fourth-order valence-corrected chi connectivity index (χ4v) is 3.65. The van der Waals surface area contributed by atoms with E-state index in [2.05, 4.69) is 53.0 Å². The van der Waals surface area contributed by atoms with Gasteiger partial charge in [-0.05, 0) is 47.2 Å². The summed E-state index contributed by atoms with van der Waals surface area (Å²) in [5.74, 6) is 0. The summed E-state index contributed by atoms with van der Waals surface area (Å²) in [6, 6.07) is 14.3. The standard InChI is InChI=1S/C17H14ClIN2/c1-10-15(11-6-4-3-5-7-11)21-17-13(16(10)20-2)8-12(19)9-14(17)18/h3-9H,1-2H3,(H,20,21). The van der Waals surface area contributed by atoms with Crippen LogP contribution >= 0.6 is 34.2 Å². The van der Waals surface area contributed by atoms with Gasteiger partial charge in [0.05, 0.1) is 16.2 Å². The van der Waals surface area contributed by atoms with Crippen LogP contribution < -0.4 is 5.32 Å². The van der Waals surface area contributed by atoms with Crippen LogP contribution in [0.3, 0.4) is 0 Å². The van der Waals surface area contributed by atoms with Crippen molar-refractivity contribution < 1.29 is 0 Å². The molecule has 0 saturated heterocycles. The Morgan fingerprint density at radius 3 is 2.52 bits per heavy atom. The molecule has 2 aromatic carbocycles. The van der Waals surface area contributed by atoms with E-state index in [1.165, 1.54) is 0 Å². The average molecular weight is 409 g/mol. The molecule has 1 aromatic heterocycles. The van der Waals surface area contributed by atoms with Gasteiger partial charge in [0.1, 0.15) is 0 Å². The average Bonchev–Trinajstić information content (AvgIpc) is 2.47. The first-order valence-electron chi connectivity index (χ1n) is 6.64. The van der Waals surface area contributed by atoms with Gasteiger partial charge >= 0.3 is 0 Å². The number of rotatable bonds is 2. The smallest absolute Gasteiger partial charge is 0.0917 e. The molecule has 0 atom stereocenters. The van der Waals surface area contributed by atoms with Crippen molar-refractivity contribution >= 4 is 50.8 Å². The Morgan fingerprint density at radius 2 is 1.86 bits per heavy atom. The molecule has 0 aliphatic carbocycles. The summed E-state index contributed by atoms with van der Waals surface area (Å²) >= 11 is 8.69. The summed E-state index contributed by atoms with van der Waals surface area (Å²) in [6.07, 6.45) is 0. The van der Waals surface area contributed by atoms with Gasteiger partial charge in [-0.2, -0.15) is 0 Å². The zero-order valence-corrected chi connectivity index (χ0v) is 14.7. The zero-order valence-electron chi connectivity index (χ0n) is 11.7. The second-order valence-electron chi connectivity index (χ2n) is 4.86. The van der Waals surface area contributed by atoms with Crippen molar-refractivity contribution in [2.75, 3.05) is 12.4 Å². The number of nitrogens with zero attached hydrogens (tertiary/aromatic N) is 1. The lowest BCUT2D eigenvalue weighted by Gasteiger charge is -2.15. The molecular formula is C17H14ClIN2. The van der Waals surface area contributed by atoms with Gasteiger partial charge in [0.15, 0.2) is 0 Å². The molecule has 0 bridgehead atoms. The van der Waals surface area contributed by atoms with Crippen LogP contribution in [0.25, 0.3) is 22.2 Å². The Balaban J connectivity index is 2.41. The Kier molecular flexibility index (Phi) is 4.04. The molecule has 0 saturated carbocycles. The minimum atomic E-state index is 0.686. The summed E-state index contributed by atoms with van der Waals surface area (Å²) in [5.41, 5.74) is 5.12. The van der Waals surface area contributed by atoms with Gasteiger partial charge < -0.3 is 5.32 Å². The van der Waals surface area contributed by atoms with E-state index in [0.717, 1.165) is 37.0 Å². The van der Waals surface area contributed by atoms with Gasteiger partial charge in [0, 0.05) is 27.3 Å². The molecule has 0 aliphatic heterocycles. The quantitative estimate of drug-likeness (QED) is 0.566. The molecule has 0 radical (unpaired) electrons. The molecule has 0 fully saturated rings. The van der Waals surface area contributed by atoms with Crippen LogP contribution in [0.2, 0.25) is 5.02 Å². The lowest BCUT2D eigenvalue weighted by Crippen LogP contribution is -1.99. The van der Waals surface area contributed by atoms with Gasteiger partial charge in [-0.3, -0.25) is 0 Å². The third kappa shape index (κ3) is 2.60. The fraction of sp³-hybridized carbons (Fsp3) is 0.118. The Labute approximate surface area is 142 Å². The summed E-state index contributed by atoms with van der Waals surface area (Å²) < 4.78 is 1.11. The number of pyridine rings is 1. The predicted molar refractivity (Wildman–Crippen MR) is 99.2 cm³/mol. The second-order valence-corrected chi connectivity index (χ2v) is 6.51. The largest absolute Gasteiger partial charge is 0.387 e. The SMILES string of the molecule is CNc1c(C)c(-c2ccccc2)nc2c(Cl)cc(I)cc12. The maximum absolute atomic E-state index is 6.41. The van der Waals surface area contributed by atoms with E-state index in [0.29, 0.717) is 5.02 Å². The minimum absolute atomic E-state index is 0.686. The number of nitrogens with one attached hydrogen (secondary N) is 1. The van der Waals surface area contributed by atoms with Crippen molar-refractivity contribution in [2.45, 2.75) is 6.92 Å². The first kappa shape index (κ1) is 14.6. The summed E-state index contributed by atoms with van der Waals surface area (Å²) in [6.45, 7) is 2.09. The maximum Gasteiger partial charge on any atom is 0.0917 e. The second kappa shape index (κ2) is 5.81. The van der Waals surface area contributed by atoms with Gasteiger partial charge in [-0.15, -0.1) is 0 Å². The highest BCUT2D eigenvalue weighted by atomic mass is 127. The number of hydrogen-bond acceptors (Lipinski definition) is 2. The molecule has 0 amide bonds. The van der Waals surface area contributed by atoms with E-state index in [4.69, 9.17) is 16.6 Å². The zero-order chi connectivity index (χ0) is 15.0. The third-order valence-electron chi connectivity index (χ3n) is 3.55. The van der Waals surface area contributed by atoms with Crippen LogP contribution in [0.15, 0.2) is 42.5 Å². The first-order valence-corrected chi connectivity index (χ1v) is 8.10. The maximum atomic E-state index is 6.41.